The Labute approximate surface area is 225 Å². The van der Waals surface area contributed by atoms with Crippen LogP contribution in [0, 0.1) is 6.92 Å². The highest BCUT2D eigenvalue weighted by molar-refractivity contribution is 7.99. The van der Waals surface area contributed by atoms with Gasteiger partial charge >= 0.3 is 0 Å². The van der Waals surface area contributed by atoms with Crippen molar-refractivity contribution in [3.05, 3.63) is 124 Å². The fourth-order valence-electron chi connectivity index (χ4n) is 3.68. The molecule has 0 atom stereocenters. The van der Waals surface area contributed by atoms with Gasteiger partial charge in [-0.15, -0.1) is 11.8 Å². The number of carbonyl (C=O) groups excluding carboxylic acids is 3. The zero-order valence-corrected chi connectivity index (χ0v) is 21.7. The Hall–Kier alpha value is -3.87. The molecule has 4 aromatic rings. The van der Waals surface area contributed by atoms with E-state index in [2.05, 4.69) is 10.6 Å². The molecule has 0 aromatic heterocycles. The number of hydrogen-bond acceptors (Lipinski definition) is 4. The van der Waals surface area contributed by atoms with Crippen molar-refractivity contribution in [2.45, 2.75) is 18.2 Å². The zero-order valence-electron chi connectivity index (χ0n) is 20.2. The lowest BCUT2D eigenvalue weighted by atomic mass is 9.99. The Balaban J connectivity index is 1.45. The van der Waals surface area contributed by atoms with E-state index in [0.29, 0.717) is 38.8 Å². The molecule has 4 aromatic carbocycles. The van der Waals surface area contributed by atoms with Gasteiger partial charge in [-0.1, -0.05) is 65.7 Å². The van der Waals surface area contributed by atoms with Crippen molar-refractivity contribution in [3.8, 4) is 0 Å². The molecule has 0 aliphatic heterocycles. The molecule has 0 saturated carbocycles. The van der Waals surface area contributed by atoms with E-state index in [4.69, 9.17) is 11.6 Å². The van der Waals surface area contributed by atoms with E-state index in [1.165, 1.54) is 0 Å². The summed E-state index contributed by atoms with van der Waals surface area (Å²) >= 11 is 7.47. The molecule has 0 unspecified atom stereocenters. The SMILES string of the molecule is Cc1ccc(NC(=O)c2ccccc2NC(=O)CCSc2ccc(Cl)cc2)c(C(=O)c2ccccc2)c1. The van der Waals surface area contributed by atoms with Crippen LogP contribution in [0.4, 0.5) is 11.4 Å². The van der Waals surface area contributed by atoms with Gasteiger partial charge in [0.25, 0.3) is 5.91 Å². The average molecular weight is 529 g/mol. The van der Waals surface area contributed by atoms with Crippen molar-refractivity contribution in [2.24, 2.45) is 0 Å². The first-order chi connectivity index (χ1) is 17.9. The molecule has 0 bridgehead atoms. The summed E-state index contributed by atoms with van der Waals surface area (Å²) in [5.74, 6) is -0.218. The quantitative estimate of drug-likeness (QED) is 0.177. The molecule has 4 rings (SSSR count). The van der Waals surface area contributed by atoms with Gasteiger partial charge < -0.3 is 10.6 Å². The van der Waals surface area contributed by atoms with E-state index in [9.17, 15) is 14.4 Å². The van der Waals surface area contributed by atoms with Crippen molar-refractivity contribution >= 4 is 52.3 Å². The maximum atomic E-state index is 13.3. The summed E-state index contributed by atoms with van der Waals surface area (Å²) in [6.45, 7) is 1.89. The first-order valence-electron chi connectivity index (χ1n) is 11.7. The monoisotopic (exact) mass is 528 g/mol. The van der Waals surface area contributed by atoms with Crippen LogP contribution in [0.5, 0.6) is 0 Å². The molecule has 0 heterocycles. The summed E-state index contributed by atoms with van der Waals surface area (Å²) in [6.07, 6.45) is 0.275. The van der Waals surface area contributed by atoms with Crippen molar-refractivity contribution in [2.75, 3.05) is 16.4 Å². The minimum atomic E-state index is -0.419. The van der Waals surface area contributed by atoms with Gasteiger partial charge in [0.1, 0.15) is 0 Å². The summed E-state index contributed by atoms with van der Waals surface area (Å²) in [4.78, 5) is 40.0. The number of halogens is 1. The first-order valence-corrected chi connectivity index (χ1v) is 13.1. The van der Waals surface area contributed by atoms with Crippen molar-refractivity contribution < 1.29 is 14.4 Å². The van der Waals surface area contributed by atoms with Crippen LogP contribution in [0.1, 0.15) is 38.3 Å². The molecule has 0 fully saturated rings. The Morgan fingerprint density at radius 1 is 0.757 bits per heavy atom. The molecule has 7 heteroatoms. The largest absolute Gasteiger partial charge is 0.325 e. The Morgan fingerprint density at radius 3 is 2.19 bits per heavy atom. The summed E-state index contributed by atoms with van der Waals surface area (Å²) in [7, 11) is 0. The van der Waals surface area contributed by atoms with Crippen LogP contribution in [-0.2, 0) is 4.79 Å². The highest BCUT2D eigenvalue weighted by atomic mass is 35.5. The topological polar surface area (TPSA) is 75.3 Å². The van der Waals surface area contributed by atoms with Gasteiger partial charge in [0.05, 0.1) is 16.9 Å². The smallest absolute Gasteiger partial charge is 0.257 e. The van der Waals surface area contributed by atoms with Crippen molar-refractivity contribution in [1.29, 1.82) is 0 Å². The average Bonchev–Trinajstić information content (AvgIpc) is 2.91. The zero-order chi connectivity index (χ0) is 26.2. The molecule has 0 spiro atoms. The molecular weight excluding hydrogens is 504 g/mol. The molecule has 186 valence electrons. The molecular formula is C30H25ClN2O3S. The number of carbonyl (C=O) groups is 3. The van der Waals surface area contributed by atoms with E-state index in [1.54, 1.807) is 72.4 Å². The first kappa shape index (κ1) is 26.2. The number of anilines is 2. The summed E-state index contributed by atoms with van der Waals surface area (Å²) in [5.41, 5.74) is 2.96. The van der Waals surface area contributed by atoms with Crippen LogP contribution < -0.4 is 10.6 Å². The molecule has 2 amide bonds. The van der Waals surface area contributed by atoms with Gasteiger partial charge in [0, 0.05) is 33.2 Å². The number of amides is 2. The second-order valence-electron chi connectivity index (χ2n) is 8.34. The number of thioether (sulfide) groups is 1. The summed E-state index contributed by atoms with van der Waals surface area (Å²) < 4.78 is 0. The van der Waals surface area contributed by atoms with Crippen LogP contribution in [0.15, 0.2) is 102 Å². The van der Waals surface area contributed by atoms with Crippen LogP contribution >= 0.6 is 23.4 Å². The van der Waals surface area contributed by atoms with E-state index in [1.807, 2.05) is 43.3 Å². The van der Waals surface area contributed by atoms with Crippen molar-refractivity contribution in [3.63, 3.8) is 0 Å². The number of benzene rings is 4. The third-order valence-corrected chi connectivity index (χ3v) is 6.83. The highest BCUT2D eigenvalue weighted by Crippen LogP contribution is 2.25. The number of aryl methyl sites for hydroxylation is 1. The molecule has 0 aliphatic carbocycles. The Morgan fingerprint density at radius 2 is 1.43 bits per heavy atom. The lowest BCUT2D eigenvalue weighted by Crippen LogP contribution is -2.19. The normalized spacial score (nSPS) is 10.5. The van der Waals surface area contributed by atoms with Gasteiger partial charge in [0.15, 0.2) is 5.78 Å². The number of para-hydroxylation sites is 1. The lowest BCUT2D eigenvalue weighted by molar-refractivity contribution is -0.115. The molecule has 0 aliphatic rings. The molecule has 37 heavy (non-hydrogen) atoms. The van der Waals surface area contributed by atoms with Crippen LogP contribution in [-0.4, -0.2) is 23.4 Å². The fraction of sp³-hybridized carbons (Fsp3) is 0.100. The molecule has 0 radical (unpaired) electrons. The Bertz CT molecular complexity index is 1420. The molecule has 2 N–H and O–H groups in total. The van der Waals surface area contributed by atoms with E-state index >= 15 is 0 Å². The maximum absolute atomic E-state index is 13.3. The third kappa shape index (κ3) is 7.09. The van der Waals surface area contributed by atoms with Crippen LogP contribution in [0.2, 0.25) is 5.02 Å². The Kier molecular flexibility index (Phi) is 8.77. The fourth-order valence-corrected chi connectivity index (χ4v) is 4.66. The van der Waals surface area contributed by atoms with E-state index in [0.717, 1.165) is 10.5 Å². The number of ketones is 1. The highest BCUT2D eigenvalue weighted by Gasteiger charge is 2.18. The number of hydrogen-bond donors (Lipinski definition) is 2. The number of nitrogens with one attached hydrogen (secondary N) is 2. The van der Waals surface area contributed by atoms with Gasteiger partial charge in [-0.25, -0.2) is 0 Å². The predicted molar refractivity (Wildman–Crippen MR) is 151 cm³/mol. The minimum Gasteiger partial charge on any atom is -0.325 e. The lowest BCUT2D eigenvalue weighted by Gasteiger charge is -2.14. The third-order valence-electron chi connectivity index (χ3n) is 5.56. The van der Waals surface area contributed by atoms with Gasteiger partial charge in [0.2, 0.25) is 5.91 Å². The molecule has 5 nitrogen and oxygen atoms in total. The summed E-state index contributed by atoms with van der Waals surface area (Å²) in [5, 5.41) is 6.37. The second-order valence-corrected chi connectivity index (χ2v) is 9.95. The van der Waals surface area contributed by atoms with Gasteiger partial charge in [-0.3, -0.25) is 14.4 Å². The molecule has 0 saturated heterocycles. The van der Waals surface area contributed by atoms with Crippen LogP contribution in [0.3, 0.4) is 0 Å². The van der Waals surface area contributed by atoms with Crippen LogP contribution in [0.25, 0.3) is 0 Å². The second kappa shape index (κ2) is 12.4. The predicted octanol–water partition coefficient (Wildman–Crippen LogP) is 7.25. The number of rotatable bonds is 9. The van der Waals surface area contributed by atoms with E-state index < -0.39 is 5.91 Å². The van der Waals surface area contributed by atoms with Gasteiger partial charge in [-0.2, -0.15) is 0 Å². The summed E-state index contributed by atoms with van der Waals surface area (Å²) in [6, 6.07) is 28.5. The standard InChI is InChI=1S/C30H25ClN2O3S/c1-20-11-16-27(25(19-20)29(35)21-7-3-2-4-8-21)33-30(36)24-9-5-6-10-26(24)32-28(34)17-18-37-23-14-12-22(31)13-15-23/h2-16,19H,17-18H2,1H3,(H,32,34)(H,33,36). The van der Waals surface area contributed by atoms with Gasteiger partial charge in [-0.05, 0) is 55.5 Å². The maximum Gasteiger partial charge on any atom is 0.257 e. The van der Waals surface area contributed by atoms with E-state index in [-0.39, 0.29) is 18.1 Å². The minimum absolute atomic E-state index is 0.181. The van der Waals surface area contributed by atoms with Crippen molar-refractivity contribution in [1.82, 2.24) is 0 Å².